The Morgan fingerprint density at radius 1 is 1.25 bits per heavy atom. The molecule has 6 heteroatoms. The van der Waals surface area contributed by atoms with Gasteiger partial charge in [-0.15, -0.1) is 11.3 Å². The largest absolute Gasteiger partial charge is 0.397 e. The van der Waals surface area contributed by atoms with Gasteiger partial charge in [0.1, 0.15) is 0 Å². The maximum Gasteiger partial charge on any atom is 0.175 e. The third-order valence-electron chi connectivity index (χ3n) is 3.12. The molecule has 0 atom stereocenters. The minimum Gasteiger partial charge on any atom is -0.397 e. The summed E-state index contributed by atoms with van der Waals surface area (Å²) in [6.45, 7) is 4.87. The lowest BCUT2D eigenvalue weighted by Gasteiger charge is -2.09. The summed E-state index contributed by atoms with van der Waals surface area (Å²) in [5, 5.41) is 3.24. The molecular formula is C14H18N2O2S2. The quantitative estimate of drug-likeness (QED) is 0.852. The number of hydrogen-bond donors (Lipinski definition) is 2. The van der Waals surface area contributed by atoms with E-state index in [-0.39, 0.29) is 4.90 Å². The molecule has 0 amide bonds. The normalized spacial score (nSPS) is 11.6. The molecule has 0 saturated carbocycles. The molecular weight excluding hydrogens is 292 g/mol. The predicted molar refractivity (Wildman–Crippen MR) is 85.1 cm³/mol. The van der Waals surface area contributed by atoms with Crippen LogP contribution in [0.2, 0.25) is 0 Å². The first kappa shape index (κ1) is 14.9. The third-order valence-corrected chi connectivity index (χ3v) is 5.38. The summed E-state index contributed by atoms with van der Waals surface area (Å²) < 4.78 is 22.9. The number of nitrogen functional groups attached to an aromatic ring is 1. The van der Waals surface area contributed by atoms with Crippen LogP contribution in [0, 0.1) is 13.8 Å². The Balaban J connectivity index is 2.14. The number of aryl methyl sites for hydroxylation is 2. The molecule has 4 nitrogen and oxygen atoms in total. The fourth-order valence-corrected chi connectivity index (χ4v) is 3.50. The molecule has 1 aromatic heterocycles. The number of rotatable bonds is 4. The lowest BCUT2D eigenvalue weighted by molar-refractivity contribution is 0.602. The van der Waals surface area contributed by atoms with Crippen LogP contribution in [0.1, 0.15) is 15.3 Å². The van der Waals surface area contributed by atoms with Gasteiger partial charge >= 0.3 is 0 Å². The second-order valence-corrected chi connectivity index (χ2v) is 8.18. The van der Waals surface area contributed by atoms with Gasteiger partial charge in [0.05, 0.1) is 16.3 Å². The smallest absolute Gasteiger partial charge is 0.175 e. The van der Waals surface area contributed by atoms with Crippen LogP contribution in [0.5, 0.6) is 0 Å². The Morgan fingerprint density at radius 2 is 1.95 bits per heavy atom. The molecule has 0 radical (unpaired) electrons. The Morgan fingerprint density at radius 3 is 2.45 bits per heavy atom. The molecule has 2 rings (SSSR count). The van der Waals surface area contributed by atoms with Crippen LogP contribution in [-0.4, -0.2) is 14.7 Å². The van der Waals surface area contributed by atoms with Gasteiger partial charge in [0.15, 0.2) is 9.84 Å². The van der Waals surface area contributed by atoms with E-state index in [9.17, 15) is 8.42 Å². The van der Waals surface area contributed by atoms with Gasteiger partial charge in [0, 0.05) is 22.6 Å². The van der Waals surface area contributed by atoms with Crippen molar-refractivity contribution in [1.82, 2.24) is 0 Å². The van der Waals surface area contributed by atoms with Crippen LogP contribution in [0.4, 0.5) is 11.4 Å². The zero-order valence-corrected chi connectivity index (χ0v) is 13.4. The van der Waals surface area contributed by atoms with Gasteiger partial charge in [0.25, 0.3) is 0 Å². The van der Waals surface area contributed by atoms with Gasteiger partial charge in [-0.05, 0) is 43.7 Å². The third kappa shape index (κ3) is 3.32. The molecule has 20 heavy (non-hydrogen) atoms. The van der Waals surface area contributed by atoms with Gasteiger partial charge in [0.2, 0.25) is 0 Å². The zero-order valence-electron chi connectivity index (χ0n) is 11.7. The molecule has 3 N–H and O–H groups in total. The second-order valence-electron chi connectivity index (χ2n) is 4.83. The predicted octanol–water partition coefficient (Wildman–Crippen LogP) is 2.96. The summed E-state index contributed by atoms with van der Waals surface area (Å²) in [5.74, 6) is 0. The molecule has 0 spiro atoms. The maximum atomic E-state index is 11.4. The molecule has 0 aliphatic rings. The molecule has 0 saturated heterocycles. The van der Waals surface area contributed by atoms with E-state index in [1.807, 2.05) is 0 Å². The van der Waals surface area contributed by atoms with Crippen molar-refractivity contribution in [3.05, 3.63) is 39.6 Å². The van der Waals surface area contributed by atoms with Crippen LogP contribution in [-0.2, 0) is 16.4 Å². The van der Waals surface area contributed by atoms with E-state index in [4.69, 9.17) is 5.73 Å². The van der Waals surface area contributed by atoms with Crippen LogP contribution < -0.4 is 11.1 Å². The van der Waals surface area contributed by atoms with Crippen molar-refractivity contribution in [2.24, 2.45) is 0 Å². The highest BCUT2D eigenvalue weighted by atomic mass is 32.2. The average Bonchev–Trinajstić information content (AvgIpc) is 2.66. The molecule has 1 aromatic carbocycles. The number of thiophene rings is 1. The lowest BCUT2D eigenvalue weighted by atomic mass is 10.2. The average molecular weight is 310 g/mol. The number of nitrogens with one attached hydrogen (secondary N) is 1. The van der Waals surface area contributed by atoms with Gasteiger partial charge in [-0.3, -0.25) is 0 Å². The van der Waals surface area contributed by atoms with Crippen molar-refractivity contribution in [3.8, 4) is 0 Å². The Hall–Kier alpha value is -1.53. The number of hydrogen-bond acceptors (Lipinski definition) is 5. The molecule has 1 heterocycles. The Bertz CT molecular complexity index is 714. The lowest BCUT2D eigenvalue weighted by Crippen LogP contribution is -2.04. The molecule has 0 aliphatic carbocycles. The van der Waals surface area contributed by atoms with Crippen molar-refractivity contribution in [2.75, 3.05) is 17.3 Å². The highest BCUT2D eigenvalue weighted by Crippen LogP contribution is 2.25. The van der Waals surface area contributed by atoms with Crippen LogP contribution >= 0.6 is 11.3 Å². The molecule has 0 fully saturated rings. The first-order valence-electron chi connectivity index (χ1n) is 6.17. The summed E-state index contributed by atoms with van der Waals surface area (Å²) in [6, 6.07) is 6.91. The number of benzene rings is 1. The minimum absolute atomic E-state index is 0.239. The Labute approximate surface area is 123 Å². The number of sulfone groups is 1. The van der Waals surface area contributed by atoms with E-state index in [0.29, 0.717) is 12.2 Å². The summed E-state index contributed by atoms with van der Waals surface area (Å²) >= 11 is 1.75. The van der Waals surface area contributed by atoms with Crippen LogP contribution in [0.3, 0.4) is 0 Å². The first-order valence-corrected chi connectivity index (χ1v) is 8.87. The van der Waals surface area contributed by atoms with Crippen molar-refractivity contribution >= 4 is 32.5 Å². The summed E-state index contributed by atoms with van der Waals surface area (Å²) in [6.07, 6.45) is 1.17. The molecule has 0 unspecified atom stereocenters. The van der Waals surface area contributed by atoms with Gasteiger partial charge < -0.3 is 11.1 Å². The standard InChI is InChI=1S/C14H18N2O2S2/c1-9-6-11(19-10(9)2)8-16-14-5-4-12(7-13(14)15)20(3,17)18/h4-7,16H,8,15H2,1-3H3. The Kier molecular flexibility index (Phi) is 4.06. The van der Waals surface area contributed by atoms with Crippen LogP contribution in [0.25, 0.3) is 0 Å². The molecule has 0 aliphatic heterocycles. The molecule has 0 bridgehead atoms. The monoisotopic (exact) mass is 310 g/mol. The molecule has 2 aromatic rings. The fraction of sp³-hybridized carbons (Fsp3) is 0.286. The highest BCUT2D eigenvalue weighted by Gasteiger charge is 2.09. The number of nitrogens with two attached hydrogens (primary N) is 1. The fourth-order valence-electron chi connectivity index (χ4n) is 1.85. The van der Waals surface area contributed by atoms with Crippen molar-refractivity contribution < 1.29 is 8.42 Å². The van der Waals surface area contributed by atoms with Crippen molar-refractivity contribution in [3.63, 3.8) is 0 Å². The number of anilines is 2. The summed E-state index contributed by atoms with van der Waals surface area (Å²) in [5.41, 5.74) is 8.37. The minimum atomic E-state index is -3.22. The van der Waals surface area contributed by atoms with E-state index >= 15 is 0 Å². The zero-order chi connectivity index (χ0) is 14.9. The summed E-state index contributed by atoms with van der Waals surface area (Å²) in [4.78, 5) is 2.78. The maximum absolute atomic E-state index is 11.4. The van der Waals surface area contributed by atoms with Crippen molar-refractivity contribution in [2.45, 2.75) is 25.3 Å². The van der Waals surface area contributed by atoms with Gasteiger partial charge in [-0.1, -0.05) is 0 Å². The van der Waals surface area contributed by atoms with E-state index in [0.717, 1.165) is 5.69 Å². The topological polar surface area (TPSA) is 72.2 Å². The second kappa shape index (κ2) is 5.46. The van der Waals surface area contributed by atoms with Gasteiger partial charge in [-0.2, -0.15) is 0 Å². The van der Waals surface area contributed by atoms with Gasteiger partial charge in [-0.25, -0.2) is 8.42 Å². The van der Waals surface area contributed by atoms with Crippen LogP contribution in [0.15, 0.2) is 29.2 Å². The van der Waals surface area contributed by atoms with E-state index < -0.39 is 9.84 Å². The molecule has 108 valence electrons. The highest BCUT2D eigenvalue weighted by molar-refractivity contribution is 7.90. The SMILES string of the molecule is Cc1cc(CNc2ccc(S(C)(=O)=O)cc2N)sc1C. The summed E-state index contributed by atoms with van der Waals surface area (Å²) in [7, 11) is -3.22. The van der Waals surface area contributed by atoms with E-state index in [1.165, 1.54) is 27.6 Å². The first-order chi connectivity index (χ1) is 9.27. The van der Waals surface area contributed by atoms with E-state index in [1.54, 1.807) is 23.5 Å². The van der Waals surface area contributed by atoms with E-state index in [2.05, 4.69) is 25.2 Å². The van der Waals surface area contributed by atoms with Crippen molar-refractivity contribution in [1.29, 1.82) is 0 Å².